The number of imide groups is 1. The van der Waals surface area contributed by atoms with E-state index in [0.717, 1.165) is 37.8 Å². The Morgan fingerprint density at radius 2 is 1.80 bits per heavy atom. The normalized spacial score (nSPS) is 14.1. The van der Waals surface area contributed by atoms with Crippen molar-refractivity contribution in [3.05, 3.63) is 89.8 Å². The second kappa shape index (κ2) is 13.8. The Hall–Kier alpha value is -2.73. The molecule has 3 aromatic rings. The minimum absolute atomic E-state index is 0.203. The van der Waals surface area contributed by atoms with Crippen molar-refractivity contribution < 1.29 is 23.9 Å². The summed E-state index contributed by atoms with van der Waals surface area (Å²) in [6.07, 6.45) is 2.49. The fraction of sp³-hybridized carbons (Fsp3) is 0.207. The zero-order chi connectivity index (χ0) is 28.8. The van der Waals surface area contributed by atoms with Gasteiger partial charge in [0.25, 0.3) is 11.1 Å². The molecule has 7 nitrogen and oxygen atoms in total. The zero-order valence-corrected chi connectivity index (χ0v) is 26.1. The molecule has 0 aromatic heterocycles. The van der Waals surface area contributed by atoms with Gasteiger partial charge in [-0.25, -0.2) is 0 Å². The Balaban J connectivity index is 1.48. The van der Waals surface area contributed by atoms with Gasteiger partial charge in [0.15, 0.2) is 11.5 Å². The molecule has 11 heteroatoms. The maximum Gasteiger partial charge on any atom is 0.294 e. The number of hydrogen-bond acceptors (Lipinski definition) is 6. The average molecular weight is 711 g/mol. The number of nitrogens with zero attached hydrogens (tertiary/aromatic N) is 1. The molecule has 0 saturated carbocycles. The molecule has 1 N–H and O–H groups in total. The van der Waals surface area contributed by atoms with Crippen LogP contribution in [0.4, 0.5) is 10.5 Å². The van der Waals surface area contributed by atoms with Crippen LogP contribution in [-0.2, 0) is 22.6 Å². The highest BCUT2D eigenvalue weighted by molar-refractivity contribution is 14.1. The fourth-order valence-electron chi connectivity index (χ4n) is 3.82. The first-order valence-corrected chi connectivity index (χ1v) is 15.0. The van der Waals surface area contributed by atoms with Crippen LogP contribution in [0, 0.1) is 3.57 Å². The fourth-order valence-corrected chi connectivity index (χ4v) is 5.90. The molecule has 0 bridgehead atoms. The molecular weight excluding hydrogens is 686 g/mol. The smallest absolute Gasteiger partial charge is 0.294 e. The molecule has 1 aliphatic rings. The molecule has 208 valence electrons. The van der Waals surface area contributed by atoms with Crippen molar-refractivity contribution in [1.29, 1.82) is 0 Å². The molecule has 3 amide bonds. The molecule has 0 radical (unpaired) electrons. The number of amides is 3. The highest BCUT2D eigenvalue weighted by atomic mass is 127. The third-order valence-electron chi connectivity index (χ3n) is 5.84. The highest BCUT2D eigenvalue weighted by Crippen LogP contribution is 2.38. The monoisotopic (exact) mass is 710 g/mol. The van der Waals surface area contributed by atoms with Crippen LogP contribution >= 0.6 is 57.6 Å². The third kappa shape index (κ3) is 7.51. The van der Waals surface area contributed by atoms with E-state index < -0.39 is 17.1 Å². The highest BCUT2D eigenvalue weighted by Gasteiger charge is 2.36. The molecule has 1 saturated heterocycles. The number of hydrogen-bond donors (Lipinski definition) is 1. The summed E-state index contributed by atoms with van der Waals surface area (Å²) in [5, 5.41) is 3.26. The summed E-state index contributed by atoms with van der Waals surface area (Å²) in [7, 11) is 0. The summed E-state index contributed by atoms with van der Waals surface area (Å²) in [6, 6.07) is 16.2. The Morgan fingerprint density at radius 1 is 1.05 bits per heavy atom. The van der Waals surface area contributed by atoms with E-state index in [1.165, 1.54) is 0 Å². The topological polar surface area (TPSA) is 84.9 Å². The number of benzene rings is 3. The summed E-state index contributed by atoms with van der Waals surface area (Å²) >= 11 is 15.2. The van der Waals surface area contributed by atoms with Crippen LogP contribution < -0.4 is 14.8 Å². The SMILES string of the molecule is CCOc1cc(/C=C2/SC(=O)N(CC(=O)Nc3ccc(CC)cc3)C2=O)cc(I)c1OCc1ccc(Cl)cc1Cl. The van der Waals surface area contributed by atoms with E-state index in [-0.39, 0.29) is 18.1 Å². The lowest BCUT2D eigenvalue weighted by atomic mass is 10.1. The van der Waals surface area contributed by atoms with Crippen molar-refractivity contribution in [2.24, 2.45) is 0 Å². The summed E-state index contributed by atoms with van der Waals surface area (Å²) in [6.45, 7) is 4.12. The van der Waals surface area contributed by atoms with Gasteiger partial charge in [0, 0.05) is 21.3 Å². The van der Waals surface area contributed by atoms with Gasteiger partial charge in [-0.15, -0.1) is 0 Å². The van der Waals surface area contributed by atoms with Crippen LogP contribution in [0.5, 0.6) is 11.5 Å². The second-order valence-electron chi connectivity index (χ2n) is 8.65. The molecule has 40 heavy (non-hydrogen) atoms. The Kier molecular flexibility index (Phi) is 10.4. The summed E-state index contributed by atoms with van der Waals surface area (Å²) < 4.78 is 12.6. The van der Waals surface area contributed by atoms with Gasteiger partial charge in [0.05, 0.1) is 15.1 Å². The van der Waals surface area contributed by atoms with E-state index in [4.69, 9.17) is 32.7 Å². The Morgan fingerprint density at radius 3 is 2.48 bits per heavy atom. The number of carbonyl (C=O) groups excluding carboxylic acids is 3. The molecule has 0 unspecified atom stereocenters. The first-order chi connectivity index (χ1) is 19.2. The molecular formula is C29H25Cl2IN2O5S. The Labute approximate surface area is 260 Å². The van der Waals surface area contributed by atoms with Gasteiger partial charge in [-0.3, -0.25) is 19.3 Å². The largest absolute Gasteiger partial charge is 0.490 e. The predicted molar refractivity (Wildman–Crippen MR) is 168 cm³/mol. The molecule has 4 rings (SSSR count). The number of rotatable bonds is 10. The van der Waals surface area contributed by atoms with E-state index in [0.29, 0.717) is 39.4 Å². The van der Waals surface area contributed by atoms with Gasteiger partial charge in [-0.1, -0.05) is 48.3 Å². The lowest BCUT2D eigenvalue weighted by Gasteiger charge is -2.15. The number of thioether (sulfide) groups is 1. The van der Waals surface area contributed by atoms with Crippen molar-refractivity contribution in [3.8, 4) is 11.5 Å². The number of halogens is 3. The minimum atomic E-state index is -0.530. The molecule has 1 fully saturated rings. The molecule has 0 aliphatic carbocycles. The molecule has 1 aliphatic heterocycles. The van der Waals surface area contributed by atoms with E-state index >= 15 is 0 Å². The molecule has 0 spiro atoms. The van der Waals surface area contributed by atoms with Crippen molar-refractivity contribution in [2.45, 2.75) is 26.9 Å². The summed E-state index contributed by atoms with van der Waals surface area (Å²) in [5.41, 5.74) is 3.16. The van der Waals surface area contributed by atoms with Crippen LogP contribution in [-0.4, -0.2) is 35.1 Å². The second-order valence-corrected chi connectivity index (χ2v) is 11.7. The average Bonchev–Trinajstić information content (AvgIpc) is 3.17. The van der Waals surface area contributed by atoms with Crippen LogP contribution in [0.15, 0.2) is 59.5 Å². The van der Waals surface area contributed by atoms with Gasteiger partial charge in [0.1, 0.15) is 13.2 Å². The predicted octanol–water partition coefficient (Wildman–Crippen LogP) is 7.81. The first-order valence-electron chi connectivity index (χ1n) is 12.4. The number of aryl methyl sites for hydroxylation is 1. The van der Waals surface area contributed by atoms with Crippen molar-refractivity contribution >= 4 is 86.4 Å². The van der Waals surface area contributed by atoms with Crippen LogP contribution in [0.3, 0.4) is 0 Å². The summed E-state index contributed by atoms with van der Waals surface area (Å²) in [4.78, 5) is 39.3. The molecule has 0 atom stereocenters. The number of carbonyl (C=O) groups is 3. The minimum Gasteiger partial charge on any atom is -0.490 e. The maximum absolute atomic E-state index is 13.0. The maximum atomic E-state index is 13.0. The third-order valence-corrected chi connectivity index (χ3v) is 8.13. The Bertz CT molecular complexity index is 1480. The molecule has 3 aromatic carbocycles. The van der Waals surface area contributed by atoms with Gasteiger partial charge >= 0.3 is 0 Å². The lowest BCUT2D eigenvalue weighted by molar-refractivity contribution is -0.127. The van der Waals surface area contributed by atoms with Crippen LogP contribution in [0.1, 0.15) is 30.5 Å². The van der Waals surface area contributed by atoms with Gasteiger partial charge in [-0.2, -0.15) is 0 Å². The number of anilines is 1. The van der Waals surface area contributed by atoms with E-state index in [1.807, 2.05) is 32.0 Å². The van der Waals surface area contributed by atoms with Crippen LogP contribution in [0.25, 0.3) is 6.08 Å². The van der Waals surface area contributed by atoms with Crippen LogP contribution in [0.2, 0.25) is 10.0 Å². The van der Waals surface area contributed by atoms with Crippen molar-refractivity contribution in [3.63, 3.8) is 0 Å². The number of nitrogens with one attached hydrogen (secondary N) is 1. The van der Waals surface area contributed by atoms with Gasteiger partial charge in [-0.05, 0) is 101 Å². The van der Waals surface area contributed by atoms with Gasteiger partial charge in [0.2, 0.25) is 5.91 Å². The van der Waals surface area contributed by atoms with Crippen molar-refractivity contribution in [1.82, 2.24) is 4.90 Å². The van der Waals surface area contributed by atoms with Crippen molar-refractivity contribution in [2.75, 3.05) is 18.5 Å². The molecule has 1 heterocycles. The first kappa shape index (κ1) is 30.2. The summed E-state index contributed by atoms with van der Waals surface area (Å²) in [5.74, 6) is 0.0289. The quantitative estimate of drug-likeness (QED) is 0.171. The van der Waals surface area contributed by atoms with E-state index in [9.17, 15) is 14.4 Å². The zero-order valence-electron chi connectivity index (χ0n) is 21.6. The standard InChI is InChI=1S/C29H25Cl2IN2O5S/c1-3-17-5-9-21(10-6-17)33-26(35)15-34-28(36)25(40-29(34)37)13-18-11-23(32)27(24(12-18)38-4-2)39-16-19-7-8-20(30)14-22(19)31/h5-14H,3-4,15-16H2,1-2H3,(H,33,35)/b25-13+. The van der Waals surface area contributed by atoms with Gasteiger partial charge < -0.3 is 14.8 Å². The number of ether oxygens (including phenoxy) is 2. The van der Waals surface area contributed by atoms with E-state index in [2.05, 4.69) is 27.9 Å². The van der Waals surface area contributed by atoms with E-state index in [1.54, 1.807) is 42.5 Å². The lowest BCUT2D eigenvalue weighted by Crippen LogP contribution is -2.36.